The molecule has 0 aromatic heterocycles. The maximum Gasteiger partial charge on any atom is 0.417 e. The highest BCUT2D eigenvalue weighted by Gasteiger charge is 2.35. The van der Waals surface area contributed by atoms with Crippen LogP contribution < -0.4 is 0 Å². The first kappa shape index (κ1) is 24.9. The molecule has 1 heterocycles. The second kappa shape index (κ2) is 10.0. The Balaban J connectivity index is 1.86. The van der Waals surface area contributed by atoms with Gasteiger partial charge in [-0.25, -0.2) is 0 Å². The van der Waals surface area contributed by atoms with E-state index in [2.05, 4.69) is 6.58 Å². The Morgan fingerprint density at radius 1 is 0.970 bits per heavy atom. The van der Waals surface area contributed by atoms with E-state index in [4.69, 9.17) is 0 Å². The van der Waals surface area contributed by atoms with Crippen LogP contribution in [-0.2, 0) is 15.8 Å². The highest BCUT2D eigenvalue weighted by atomic mass is 32.2. The quantitative estimate of drug-likeness (QED) is 0.521. The van der Waals surface area contributed by atoms with Gasteiger partial charge in [-0.1, -0.05) is 56.5 Å². The van der Waals surface area contributed by atoms with Crippen molar-refractivity contribution >= 4 is 29.1 Å². The number of alkyl halides is 3. The molecule has 0 unspecified atom stereocenters. The van der Waals surface area contributed by atoms with Crippen LogP contribution in [0.2, 0.25) is 0 Å². The zero-order valence-electron chi connectivity index (χ0n) is 18.9. The summed E-state index contributed by atoms with van der Waals surface area (Å²) < 4.78 is 41.9. The van der Waals surface area contributed by atoms with Crippen molar-refractivity contribution in [3.63, 3.8) is 0 Å². The van der Waals surface area contributed by atoms with Crippen molar-refractivity contribution in [2.24, 2.45) is 0 Å². The first-order valence-electron chi connectivity index (χ1n) is 10.7. The molecule has 0 bridgehead atoms. The summed E-state index contributed by atoms with van der Waals surface area (Å²) in [6.07, 6.45) is -4.58. The van der Waals surface area contributed by atoms with Crippen molar-refractivity contribution in [2.75, 3.05) is 26.2 Å². The smallest absolute Gasteiger partial charge is 0.339 e. The van der Waals surface area contributed by atoms with Crippen molar-refractivity contribution in [3.8, 4) is 0 Å². The van der Waals surface area contributed by atoms with E-state index in [1.807, 2.05) is 38.1 Å². The summed E-state index contributed by atoms with van der Waals surface area (Å²) in [7, 11) is 0. The third-order valence-electron chi connectivity index (χ3n) is 5.66. The number of halogens is 3. The van der Waals surface area contributed by atoms with Gasteiger partial charge in [0.15, 0.2) is 0 Å². The van der Waals surface area contributed by atoms with Gasteiger partial charge in [-0.2, -0.15) is 13.2 Å². The molecule has 8 heteroatoms. The van der Waals surface area contributed by atoms with Crippen LogP contribution in [0.3, 0.4) is 0 Å². The number of carbonyl (C=O) groups is 2. The lowest BCUT2D eigenvalue weighted by atomic mass is 10.0. The van der Waals surface area contributed by atoms with Crippen LogP contribution >= 0.6 is 11.8 Å². The number of carbonyl (C=O) groups excluding carboxylic acids is 2. The average molecular weight is 477 g/mol. The summed E-state index contributed by atoms with van der Waals surface area (Å²) in [6, 6.07) is 11.3. The number of rotatable bonds is 5. The van der Waals surface area contributed by atoms with Crippen LogP contribution in [0, 0.1) is 0 Å². The largest absolute Gasteiger partial charge is 0.417 e. The van der Waals surface area contributed by atoms with E-state index in [1.165, 1.54) is 24.0 Å². The van der Waals surface area contributed by atoms with Crippen molar-refractivity contribution in [2.45, 2.75) is 42.7 Å². The highest BCUT2D eigenvalue weighted by Crippen LogP contribution is 2.42. The lowest BCUT2D eigenvalue weighted by Gasteiger charge is -2.34. The third-order valence-corrected chi connectivity index (χ3v) is 6.83. The minimum Gasteiger partial charge on any atom is -0.339 e. The average Bonchev–Trinajstić information content (AvgIpc) is 2.78. The predicted octanol–water partition coefficient (Wildman–Crippen LogP) is 5.68. The monoisotopic (exact) mass is 476 g/mol. The molecule has 1 aliphatic heterocycles. The highest BCUT2D eigenvalue weighted by molar-refractivity contribution is 7.99. The Bertz CT molecular complexity index is 1060. The number of benzene rings is 2. The van der Waals surface area contributed by atoms with E-state index in [0.29, 0.717) is 26.2 Å². The fourth-order valence-electron chi connectivity index (χ4n) is 3.74. The zero-order valence-corrected chi connectivity index (χ0v) is 19.7. The molecule has 3 rings (SSSR count). The van der Waals surface area contributed by atoms with Gasteiger partial charge >= 0.3 is 6.18 Å². The molecule has 0 atom stereocenters. The van der Waals surface area contributed by atoms with Gasteiger partial charge in [0.1, 0.15) is 0 Å². The van der Waals surface area contributed by atoms with Gasteiger partial charge in [0.25, 0.3) is 5.91 Å². The Labute approximate surface area is 196 Å². The first-order valence-corrected chi connectivity index (χ1v) is 11.5. The molecular weight excluding hydrogens is 449 g/mol. The Morgan fingerprint density at radius 3 is 2.15 bits per heavy atom. The minimum absolute atomic E-state index is 0.0101. The summed E-state index contributed by atoms with van der Waals surface area (Å²) in [5.74, 6) is -0.317. The van der Waals surface area contributed by atoms with Crippen LogP contribution in [0.5, 0.6) is 0 Å². The van der Waals surface area contributed by atoms with Gasteiger partial charge < -0.3 is 9.80 Å². The lowest BCUT2D eigenvalue weighted by molar-refractivity contribution is -0.139. The van der Waals surface area contributed by atoms with Crippen molar-refractivity contribution in [1.82, 2.24) is 9.80 Å². The van der Waals surface area contributed by atoms with Gasteiger partial charge in [0.2, 0.25) is 5.91 Å². The van der Waals surface area contributed by atoms with Gasteiger partial charge in [0, 0.05) is 48.5 Å². The van der Waals surface area contributed by atoms with E-state index in [-0.39, 0.29) is 27.9 Å². The third kappa shape index (κ3) is 5.79. The maximum absolute atomic E-state index is 14.0. The molecule has 0 saturated carbocycles. The van der Waals surface area contributed by atoms with Crippen LogP contribution in [0.4, 0.5) is 13.2 Å². The predicted molar refractivity (Wildman–Crippen MR) is 124 cm³/mol. The normalized spacial score (nSPS) is 14.5. The maximum atomic E-state index is 14.0. The number of hydrogen-bond acceptors (Lipinski definition) is 3. The van der Waals surface area contributed by atoms with Gasteiger partial charge in [-0.05, 0) is 35.2 Å². The zero-order chi connectivity index (χ0) is 24.3. The molecule has 176 valence electrons. The Hall–Kier alpha value is -2.74. The molecule has 2 aromatic carbocycles. The Kier molecular flexibility index (Phi) is 7.57. The fourth-order valence-corrected chi connectivity index (χ4v) is 4.96. The molecule has 0 aliphatic carbocycles. The fraction of sp³-hybridized carbons (Fsp3) is 0.360. The number of nitrogens with zero attached hydrogens (tertiary/aromatic N) is 2. The van der Waals surface area contributed by atoms with Crippen molar-refractivity contribution in [1.29, 1.82) is 0 Å². The van der Waals surface area contributed by atoms with E-state index >= 15 is 0 Å². The number of amides is 2. The molecular formula is C25H27F3N2O2S. The van der Waals surface area contributed by atoms with Gasteiger partial charge in [0.05, 0.1) is 5.56 Å². The van der Waals surface area contributed by atoms with Crippen LogP contribution in [0.1, 0.15) is 43.4 Å². The molecule has 2 aromatic rings. The van der Waals surface area contributed by atoms with Crippen LogP contribution in [-0.4, -0.2) is 47.8 Å². The minimum atomic E-state index is -4.58. The standard InChI is InChI=1S/C25H27F3N2O2S/c1-16(2)20-7-5-6-8-22(20)33-23-10-9-19(15-21(23)25(26,27)28)17(3)24(32)30-13-11-29(12-14-30)18(4)31/h5-10,15-16H,3,11-14H2,1-2,4H3. The summed E-state index contributed by atoms with van der Waals surface area (Å²) in [5, 5.41) is 0. The van der Waals surface area contributed by atoms with E-state index in [9.17, 15) is 22.8 Å². The molecule has 2 amide bonds. The number of piperazine rings is 1. The first-order chi connectivity index (χ1) is 15.5. The molecule has 33 heavy (non-hydrogen) atoms. The molecule has 0 N–H and O–H groups in total. The van der Waals surface area contributed by atoms with Gasteiger partial charge in [-0.15, -0.1) is 0 Å². The molecule has 0 spiro atoms. The summed E-state index contributed by atoms with van der Waals surface area (Å²) >= 11 is 1.07. The van der Waals surface area contributed by atoms with Crippen LogP contribution in [0.15, 0.2) is 58.8 Å². The van der Waals surface area contributed by atoms with E-state index in [1.54, 1.807) is 4.90 Å². The SMILES string of the molecule is C=C(C(=O)N1CCN(C(C)=O)CC1)c1ccc(Sc2ccccc2C(C)C)c(C(F)(F)F)c1. The van der Waals surface area contributed by atoms with E-state index < -0.39 is 17.6 Å². The van der Waals surface area contributed by atoms with E-state index in [0.717, 1.165) is 28.3 Å². The van der Waals surface area contributed by atoms with Crippen molar-refractivity contribution in [3.05, 3.63) is 65.7 Å². The summed E-state index contributed by atoms with van der Waals surface area (Å²) in [5.41, 5.74) is 0.335. The van der Waals surface area contributed by atoms with Crippen molar-refractivity contribution < 1.29 is 22.8 Å². The second-order valence-electron chi connectivity index (χ2n) is 8.28. The Morgan fingerprint density at radius 2 is 1.58 bits per heavy atom. The second-order valence-corrected chi connectivity index (χ2v) is 9.36. The molecule has 1 saturated heterocycles. The summed E-state index contributed by atoms with van der Waals surface area (Å²) in [6.45, 7) is 10.7. The van der Waals surface area contributed by atoms with Gasteiger partial charge in [-0.3, -0.25) is 9.59 Å². The topological polar surface area (TPSA) is 40.6 Å². The lowest BCUT2D eigenvalue weighted by Crippen LogP contribution is -2.50. The molecule has 1 aliphatic rings. The molecule has 0 radical (unpaired) electrons. The van der Waals surface area contributed by atoms with Crippen LogP contribution in [0.25, 0.3) is 5.57 Å². The molecule has 1 fully saturated rings. The summed E-state index contributed by atoms with van der Waals surface area (Å²) in [4.78, 5) is 28.4. The molecule has 4 nitrogen and oxygen atoms in total. The number of hydrogen-bond donors (Lipinski definition) is 0.